The lowest BCUT2D eigenvalue weighted by Crippen LogP contribution is -2.13. The molecule has 3 heteroatoms. The van der Waals surface area contributed by atoms with Crippen molar-refractivity contribution in [2.45, 2.75) is 37.8 Å². The van der Waals surface area contributed by atoms with Gasteiger partial charge in [0.05, 0.1) is 12.7 Å². The van der Waals surface area contributed by atoms with Crippen molar-refractivity contribution in [3.8, 4) is 0 Å². The van der Waals surface area contributed by atoms with E-state index in [9.17, 15) is 0 Å². The minimum absolute atomic E-state index is 0.219. The molecule has 11 heavy (non-hydrogen) atoms. The summed E-state index contributed by atoms with van der Waals surface area (Å²) in [6.07, 6.45) is 6.83. The number of aliphatic hydroxyl groups is 2. The van der Waals surface area contributed by atoms with Gasteiger partial charge in [0.2, 0.25) is 0 Å². The highest BCUT2D eigenvalue weighted by Crippen LogP contribution is 2.45. The molecule has 2 N–H and O–H groups in total. The van der Waals surface area contributed by atoms with E-state index in [4.69, 9.17) is 10.2 Å². The summed E-state index contributed by atoms with van der Waals surface area (Å²) in [5.74, 6) is 0. The van der Waals surface area contributed by atoms with Crippen LogP contribution >= 0.6 is 7.92 Å². The van der Waals surface area contributed by atoms with Gasteiger partial charge in [-0.05, 0) is 26.4 Å². The normalized spacial score (nSPS) is 21.0. The highest BCUT2D eigenvalue weighted by atomic mass is 31.1. The highest BCUT2D eigenvalue weighted by Gasteiger charge is 2.21. The van der Waals surface area contributed by atoms with Crippen LogP contribution in [0.1, 0.15) is 32.1 Å². The molecule has 0 saturated heterocycles. The van der Waals surface area contributed by atoms with E-state index >= 15 is 0 Å². The quantitative estimate of drug-likeness (QED) is 0.642. The average molecular weight is 176 g/mol. The molecule has 0 aromatic heterocycles. The van der Waals surface area contributed by atoms with E-state index in [1.54, 1.807) is 0 Å². The summed E-state index contributed by atoms with van der Waals surface area (Å²) in [5, 5.41) is 17.9. The van der Waals surface area contributed by atoms with E-state index in [-0.39, 0.29) is 12.7 Å². The lowest BCUT2D eigenvalue weighted by Gasteiger charge is -2.27. The Morgan fingerprint density at radius 2 is 1.55 bits per heavy atom. The lowest BCUT2D eigenvalue weighted by molar-refractivity contribution is 0.337. The molecular formula is C8H17O2P. The second-order valence-corrected chi connectivity index (χ2v) is 5.64. The third-order valence-electron chi connectivity index (χ3n) is 2.45. The zero-order valence-electron chi connectivity index (χ0n) is 6.87. The van der Waals surface area contributed by atoms with Gasteiger partial charge in [-0.3, -0.25) is 0 Å². The molecule has 1 fully saturated rings. The first kappa shape index (κ1) is 9.44. The van der Waals surface area contributed by atoms with Gasteiger partial charge < -0.3 is 10.2 Å². The monoisotopic (exact) mass is 176 g/mol. The predicted molar refractivity (Wildman–Crippen MR) is 48.0 cm³/mol. The molecule has 66 valence electrons. The maximum Gasteiger partial charge on any atom is 0.0649 e. The Morgan fingerprint density at radius 3 is 2.00 bits per heavy atom. The van der Waals surface area contributed by atoms with Crippen molar-refractivity contribution in [1.29, 1.82) is 0 Å². The fraction of sp³-hybridized carbons (Fsp3) is 1.00. The first-order valence-corrected chi connectivity index (χ1v) is 6.12. The second kappa shape index (κ2) is 5.08. The van der Waals surface area contributed by atoms with E-state index in [0.29, 0.717) is 5.66 Å². The van der Waals surface area contributed by atoms with Gasteiger partial charge in [0.25, 0.3) is 0 Å². The largest absolute Gasteiger partial charge is 0.392 e. The summed E-state index contributed by atoms with van der Waals surface area (Å²) in [5.41, 5.74) is 0.647. The number of aliphatic hydroxyl groups excluding tert-OH is 2. The molecule has 0 aliphatic heterocycles. The zero-order valence-corrected chi connectivity index (χ0v) is 7.76. The van der Waals surface area contributed by atoms with Gasteiger partial charge in [-0.15, -0.1) is 0 Å². The van der Waals surface area contributed by atoms with Crippen molar-refractivity contribution in [2.24, 2.45) is 0 Å². The van der Waals surface area contributed by atoms with Crippen molar-refractivity contribution >= 4 is 7.92 Å². The molecule has 2 nitrogen and oxygen atoms in total. The fourth-order valence-corrected chi connectivity index (χ4v) is 3.37. The standard InChI is InChI=1S/C8H17O2P/c9-6-11(7-10)8-4-2-1-3-5-8/h8-10H,1-7H2. The van der Waals surface area contributed by atoms with Crippen LogP contribution in [-0.2, 0) is 0 Å². The minimum atomic E-state index is -0.463. The summed E-state index contributed by atoms with van der Waals surface area (Å²) >= 11 is 0. The van der Waals surface area contributed by atoms with E-state index in [1.807, 2.05) is 0 Å². The molecular weight excluding hydrogens is 159 g/mol. The molecule has 1 saturated carbocycles. The number of rotatable bonds is 3. The SMILES string of the molecule is OCP(CO)C1CCCCC1. The van der Waals surface area contributed by atoms with Crippen molar-refractivity contribution < 1.29 is 10.2 Å². The van der Waals surface area contributed by atoms with Crippen LogP contribution in [0, 0.1) is 0 Å². The minimum Gasteiger partial charge on any atom is -0.392 e. The van der Waals surface area contributed by atoms with Crippen LogP contribution in [0.3, 0.4) is 0 Å². The van der Waals surface area contributed by atoms with E-state index in [2.05, 4.69) is 0 Å². The molecule has 0 unspecified atom stereocenters. The molecule has 0 bridgehead atoms. The van der Waals surface area contributed by atoms with Gasteiger partial charge in [0.15, 0.2) is 0 Å². The van der Waals surface area contributed by atoms with E-state index in [0.717, 1.165) is 0 Å². The maximum atomic E-state index is 8.95. The van der Waals surface area contributed by atoms with Gasteiger partial charge in [-0.1, -0.05) is 19.3 Å². The van der Waals surface area contributed by atoms with Crippen LogP contribution in [0.25, 0.3) is 0 Å². The topological polar surface area (TPSA) is 40.5 Å². The van der Waals surface area contributed by atoms with E-state index < -0.39 is 7.92 Å². The summed E-state index contributed by atoms with van der Waals surface area (Å²) in [6.45, 7) is 0. The zero-order chi connectivity index (χ0) is 8.10. The number of hydrogen-bond acceptors (Lipinski definition) is 2. The van der Waals surface area contributed by atoms with Crippen LogP contribution in [0.4, 0.5) is 0 Å². The number of hydrogen-bond donors (Lipinski definition) is 2. The first-order chi connectivity index (χ1) is 5.38. The third-order valence-corrected chi connectivity index (χ3v) is 4.73. The Hall–Kier alpha value is 0.350. The molecule has 0 spiro atoms. The molecule has 0 heterocycles. The van der Waals surface area contributed by atoms with Crippen LogP contribution < -0.4 is 0 Å². The van der Waals surface area contributed by atoms with Gasteiger partial charge in [-0.25, -0.2) is 0 Å². The maximum absolute atomic E-state index is 8.95. The van der Waals surface area contributed by atoms with Crippen molar-refractivity contribution in [2.75, 3.05) is 12.7 Å². The molecule has 0 aromatic carbocycles. The van der Waals surface area contributed by atoms with Crippen LogP contribution in [0.2, 0.25) is 0 Å². The Bertz CT molecular complexity index is 98.3. The van der Waals surface area contributed by atoms with Crippen LogP contribution in [0.15, 0.2) is 0 Å². The smallest absolute Gasteiger partial charge is 0.0649 e. The van der Waals surface area contributed by atoms with Gasteiger partial charge in [0, 0.05) is 0 Å². The van der Waals surface area contributed by atoms with Gasteiger partial charge in [0.1, 0.15) is 0 Å². The van der Waals surface area contributed by atoms with Crippen LogP contribution in [-0.4, -0.2) is 28.6 Å². The lowest BCUT2D eigenvalue weighted by atomic mass is 10.0. The molecule has 0 aromatic rings. The van der Waals surface area contributed by atoms with Crippen molar-refractivity contribution in [3.05, 3.63) is 0 Å². The third kappa shape index (κ3) is 2.70. The Labute approximate surface area is 69.4 Å². The molecule has 1 rings (SSSR count). The Morgan fingerprint density at radius 1 is 1.00 bits per heavy atom. The molecule has 0 radical (unpaired) electrons. The summed E-state index contributed by atoms with van der Waals surface area (Å²) in [7, 11) is -0.463. The Kier molecular flexibility index (Phi) is 4.36. The first-order valence-electron chi connectivity index (χ1n) is 4.34. The predicted octanol–water partition coefficient (Wildman–Crippen LogP) is 1.70. The summed E-state index contributed by atoms with van der Waals surface area (Å²) in [6, 6.07) is 0. The van der Waals surface area contributed by atoms with Crippen LogP contribution in [0.5, 0.6) is 0 Å². The molecule has 0 amide bonds. The second-order valence-electron chi connectivity index (χ2n) is 3.16. The van der Waals surface area contributed by atoms with Crippen molar-refractivity contribution in [1.82, 2.24) is 0 Å². The Balaban J connectivity index is 2.30. The molecule has 0 atom stereocenters. The fourth-order valence-electron chi connectivity index (χ4n) is 1.72. The van der Waals surface area contributed by atoms with E-state index in [1.165, 1.54) is 32.1 Å². The van der Waals surface area contributed by atoms with Crippen molar-refractivity contribution in [3.63, 3.8) is 0 Å². The van der Waals surface area contributed by atoms with Gasteiger partial charge >= 0.3 is 0 Å². The van der Waals surface area contributed by atoms with Gasteiger partial charge in [-0.2, -0.15) is 0 Å². The molecule has 1 aliphatic rings. The summed E-state index contributed by atoms with van der Waals surface area (Å²) in [4.78, 5) is 0. The highest BCUT2D eigenvalue weighted by molar-refractivity contribution is 7.57. The summed E-state index contributed by atoms with van der Waals surface area (Å²) < 4.78 is 0. The molecule has 1 aliphatic carbocycles. The average Bonchev–Trinajstić information content (AvgIpc) is 2.09.